The largest absolute Gasteiger partial charge is 0.444 e. The number of ether oxygens (including phenoxy) is 1. The van der Waals surface area contributed by atoms with Gasteiger partial charge < -0.3 is 15.2 Å². The van der Waals surface area contributed by atoms with Gasteiger partial charge in [0.15, 0.2) is 0 Å². The fourth-order valence-electron chi connectivity index (χ4n) is 1.88. The molecule has 1 aliphatic heterocycles. The monoisotopic (exact) mass is 258 g/mol. The van der Waals surface area contributed by atoms with Crippen LogP contribution in [0.4, 0.5) is 4.79 Å². The van der Waals surface area contributed by atoms with Crippen LogP contribution in [0.25, 0.3) is 0 Å². The fraction of sp³-hybridized carbons (Fsp3) is 0.833. The zero-order valence-corrected chi connectivity index (χ0v) is 11.4. The highest BCUT2D eigenvalue weighted by Crippen LogP contribution is 2.21. The fourth-order valence-corrected chi connectivity index (χ4v) is 1.88. The average molecular weight is 258 g/mol. The van der Waals surface area contributed by atoms with E-state index in [9.17, 15) is 14.7 Å². The van der Waals surface area contributed by atoms with Crippen LogP contribution in [-0.4, -0.2) is 52.8 Å². The Morgan fingerprint density at radius 2 is 2.06 bits per heavy atom. The first-order valence-electron chi connectivity index (χ1n) is 6.20. The van der Waals surface area contributed by atoms with Crippen molar-refractivity contribution in [3.63, 3.8) is 0 Å². The molecule has 6 heteroatoms. The number of hydrogen-bond donors (Lipinski definition) is 2. The normalized spacial score (nSPS) is 23.9. The van der Waals surface area contributed by atoms with Crippen LogP contribution in [0.1, 0.15) is 34.1 Å². The lowest BCUT2D eigenvalue weighted by atomic mass is 10.2. The van der Waals surface area contributed by atoms with Crippen molar-refractivity contribution >= 4 is 12.0 Å². The van der Waals surface area contributed by atoms with Gasteiger partial charge in [0.1, 0.15) is 11.6 Å². The molecule has 2 amide bonds. The highest BCUT2D eigenvalue weighted by molar-refractivity contribution is 5.86. The first-order valence-corrected chi connectivity index (χ1v) is 6.20. The summed E-state index contributed by atoms with van der Waals surface area (Å²) in [7, 11) is 0. The molecule has 1 heterocycles. The molecule has 0 unspecified atom stereocenters. The van der Waals surface area contributed by atoms with Crippen LogP contribution in [-0.2, 0) is 9.53 Å². The van der Waals surface area contributed by atoms with Gasteiger partial charge in [0, 0.05) is 13.0 Å². The highest BCUT2D eigenvalue weighted by Gasteiger charge is 2.40. The summed E-state index contributed by atoms with van der Waals surface area (Å²) in [4.78, 5) is 25.0. The van der Waals surface area contributed by atoms with Crippen LogP contribution in [0.2, 0.25) is 0 Å². The highest BCUT2D eigenvalue weighted by atomic mass is 16.6. The van der Waals surface area contributed by atoms with Gasteiger partial charge in [-0.15, -0.1) is 0 Å². The Kier molecular flexibility index (Phi) is 4.56. The SMILES string of the molecule is CCNC(=O)[C@@H]1C[C@H](O)CN1C(=O)OC(C)(C)C. The van der Waals surface area contributed by atoms with E-state index in [1.807, 2.05) is 0 Å². The molecule has 18 heavy (non-hydrogen) atoms. The summed E-state index contributed by atoms with van der Waals surface area (Å²) in [6.45, 7) is 7.72. The number of rotatable bonds is 2. The standard InChI is InChI=1S/C12H22N2O4/c1-5-13-10(16)9-6-8(15)7-14(9)11(17)18-12(2,3)4/h8-9,15H,5-7H2,1-4H3,(H,13,16)/t8-,9-/m0/s1. The molecule has 2 atom stereocenters. The first kappa shape index (κ1) is 14.8. The Morgan fingerprint density at radius 1 is 1.44 bits per heavy atom. The predicted octanol–water partition coefficient (Wildman–Crippen LogP) is 0.493. The van der Waals surface area contributed by atoms with Crippen molar-refractivity contribution in [2.24, 2.45) is 0 Å². The number of carbonyl (C=O) groups excluding carboxylic acids is 2. The van der Waals surface area contributed by atoms with E-state index in [0.717, 1.165) is 0 Å². The molecule has 0 aromatic heterocycles. The van der Waals surface area contributed by atoms with E-state index < -0.39 is 23.8 Å². The van der Waals surface area contributed by atoms with Gasteiger partial charge in [-0.25, -0.2) is 4.79 Å². The van der Waals surface area contributed by atoms with Crippen LogP contribution in [0.5, 0.6) is 0 Å². The zero-order valence-electron chi connectivity index (χ0n) is 11.4. The van der Waals surface area contributed by atoms with E-state index in [2.05, 4.69) is 5.32 Å². The summed E-state index contributed by atoms with van der Waals surface area (Å²) in [6.07, 6.45) is -0.981. The molecular weight excluding hydrogens is 236 g/mol. The Labute approximate surface area is 107 Å². The quantitative estimate of drug-likeness (QED) is 0.755. The lowest BCUT2D eigenvalue weighted by Gasteiger charge is -2.27. The number of likely N-dealkylation sites (N-methyl/N-ethyl adjacent to an activating group) is 1. The van der Waals surface area contributed by atoms with Gasteiger partial charge in [0.2, 0.25) is 5.91 Å². The maximum atomic E-state index is 11.9. The van der Waals surface area contributed by atoms with Crippen molar-refractivity contribution < 1.29 is 19.4 Å². The Bertz CT molecular complexity index is 325. The van der Waals surface area contributed by atoms with E-state index in [1.165, 1.54) is 4.90 Å². The molecule has 1 fully saturated rings. The van der Waals surface area contributed by atoms with Crippen molar-refractivity contribution in [1.82, 2.24) is 10.2 Å². The minimum Gasteiger partial charge on any atom is -0.444 e. The molecule has 6 nitrogen and oxygen atoms in total. The summed E-state index contributed by atoms with van der Waals surface area (Å²) < 4.78 is 5.22. The maximum absolute atomic E-state index is 11.9. The number of β-amino-alcohol motifs (C(OH)–C–C–N with tert-alkyl or cyclic N) is 1. The third kappa shape index (κ3) is 3.87. The molecule has 0 spiro atoms. The molecule has 104 valence electrons. The van der Waals surface area contributed by atoms with E-state index in [1.54, 1.807) is 27.7 Å². The molecule has 2 N–H and O–H groups in total. The lowest BCUT2D eigenvalue weighted by Crippen LogP contribution is -2.47. The summed E-state index contributed by atoms with van der Waals surface area (Å²) in [6, 6.07) is -0.644. The number of amides is 2. The van der Waals surface area contributed by atoms with Gasteiger partial charge in [-0.1, -0.05) is 0 Å². The third-order valence-corrected chi connectivity index (χ3v) is 2.56. The molecule has 1 aliphatic rings. The molecule has 0 bridgehead atoms. The molecule has 0 saturated carbocycles. The molecule has 1 rings (SSSR count). The van der Waals surface area contributed by atoms with Gasteiger partial charge in [-0.2, -0.15) is 0 Å². The van der Waals surface area contributed by atoms with E-state index >= 15 is 0 Å². The van der Waals surface area contributed by atoms with Crippen molar-refractivity contribution in [3.8, 4) is 0 Å². The number of hydrogen-bond acceptors (Lipinski definition) is 4. The van der Waals surface area contributed by atoms with Crippen LogP contribution >= 0.6 is 0 Å². The van der Waals surface area contributed by atoms with Gasteiger partial charge in [-0.05, 0) is 27.7 Å². The summed E-state index contributed by atoms with van der Waals surface area (Å²) in [5, 5.41) is 12.3. The van der Waals surface area contributed by atoms with Gasteiger partial charge >= 0.3 is 6.09 Å². The van der Waals surface area contributed by atoms with Crippen molar-refractivity contribution in [1.29, 1.82) is 0 Å². The number of carbonyl (C=O) groups is 2. The maximum Gasteiger partial charge on any atom is 0.411 e. The summed E-state index contributed by atoms with van der Waals surface area (Å²) in [5.41, 5.74) is -0.615. The Hall–Kier alpha value is -1.30. The topological polar surface area (TPSA) is 78.9 Å². The Morgan fingerprint density at radius 3 is 2.56 bits per heavy atom. The van der Waals surface area contributed by atoms with Crippen LogP contribution < -0.4 is 5.32 Å². The van der Waals surface area contributed by atoms with Crippen molar-refractivity contribution in [2.75, 3.05) is 13.1 Å². The van der Waals surface area contributed by atoms with Gasteiger partial charge in [-0.3, -0.25) is 9.69 Å². The minimum atomic E-state index is -0.676. The predicted molar refractivity (Wildman–Crippen MR) is 66.0 cm³/mol. The number of likely N-dealkylation sites (tertiary alicyclic amines) is 1. The molecule has 1 saturated heterocycles. The van der Waals surface area contributed by atoms with Crippen molar-refractivity contribution in [2.45, 2.75) is 51.9 Å². The van der Waals surface area contributed by atoms with Crippen LogP contribution in [0.3, 0.4) is 0 Å². The minimum absolute atomic E-state index is 0.136. The Balaban J connectivity index is 2.72. The molecule has 0 aromatic carbocycles. The lowest BCUT2D eigenvalue weighted by molar-refractivity contribution is -0.125. The smallest absolute Gasteiger partial charge is 0.411 e. The van der Waals surface area contributed by atoms with Crippen LogP contribution in [0.15, 0.2) is 0 Å². The summed E-state index contributed by atoms with van der Waals surface area (Å²) in [5.74, 6) is -0.250. The van der Waals surface area contributed by atoms with E-state index in [4.69, 9.17) is 4.74 Å². The van der Waals surface area contributed by atoms with Gasteiger partial charge in [0.05, 0.1) is 12.6 Å². The number of nitrogens with one attached hydrogen (secondary N) is 1. The first-order chi connectivity index (χ1) is 8.24. The molecule has 0 radical (unpaired) electrons. The second-order valence-electron chi connectivity index (χ2n) is 5.43. The van der Waals surface area contributed by atoms with E-state index in [0.29, 0.717) is 6.54 Å². The summed E-state index contributed by atoms with van der Waals surface area (Å²) >= 11 is 0. The van der Waals surface area contributed by atoms with Crippen molar-refractivity contribution in [3.05, 3.63) is 0 Å². The molecular formula is C12H22N2O4. The zero-order chi connectivity index (χ0) is 13.9. The van der Waals surface area contributed by atoms with E-state index in [-0.39, 0.29) is 18.9 Å². The second-order valence-corrected chi connectivity index (χ2v) is 5.43. The molecule has 0 aromatic rings. The third-order valence-electron chi connectivity index (χ3n) is 2.56. The number of aliphatic hydroxyl groups excluding tert-OH is 1. The number of aliphatic hydroxyl groups is 1. The average Bonchev–Trinajstić information content (AvgIpc) is 2.58. The van der Waals surface area contributed by atoms with Gasteiger partial charge in [0.25, 0.3) is 0 Å². The molecule has 0 aliphatic carbocycles. The van der Waals surface area contributed by atoms with Crippen LogP contribution in [0, 0.1) is 0 Å². The second kappa shape index (κ2) is 5.56. The number of nitrogens with zero attached hydrogens (tertiary/aromatic N) is 1.